The summed E-state index contributed by atoms with van der Waals surface area (Å²) < 4.78 is 16.1. The van der Waals surface area contributed by atoms with Crippen molar-refractivity contribution in [2.24, 2.45) is 0 Å². The van der Waals surface area contributed by atoms with Gasteiger partial charge in [-0.2, -0.15) is 0 Å². The third kappa shape index (κ3) is 5.56. The van der Waals surface area contributed by atoms with Gasteiger partial charge in [0.2, 0.25) is 0 Å². The number of carbonyl (C=O) groups is 1. The second-order valence-corrected chi connectivity index (χ2v) is 6.18. The molecule has 0 heterocycles. The number of hydrogen-bond donors (Lipinski definition) is 0. The normalized spacial score (nSPS) is 12.1. The van der Waals surface area contributed by atoms with Crippen molar-refractivity contribution in [2.45, 2.75) is 39.3 Å². The Morgan fingerprint density at radius 2 is 1.88 bits per heavy atom. The maximum Gasteiger partial charge on any atom is 0.254 e. The molecule has 1 amide bonds. The molecule has 0 saturated heterocycles. The highest BCUT2D eigenvalue weighted by atomic mass is 35.5. The van der Waals surface area contributed by atoms with Crippen molar-refractivity contribution in [2.75, 3.05) is 33.3 Å². The van der Waals surface area contributed by atoms with E-state index in [0.29, 0.717) is 36.2 Å². The van der Waals surface area contributed by atoms with Crippen LogP contribution in [0.4, 0.5) is 0 Å². The summed E-state index contributed by atoms with van der Waals surface area (Å²) in [6.45, 7) is 7.01. The van der Waals surface area contributed by atoms with Crippen LogP contribution in [0.25, 0.3) is 0 Å². The van der Waals surface area contributed by atoms with Crippen molar-refractivity contribution in [3.05, 3.63) is 23.8 Å². The quantitative estimate of drug-likeness (QED) is 0.474. The van der Waals surface area contributed by atoms with Gasteiger partial charge in [-0.15, -0.1) is 11.6 Å². The molecule has 0 aliphatic heterocycles. The van der Waals surface area contributed by atoms with E-state index in [4.69, 9.17) is 25.8 Å². The number of hydrogen-bond acceptors (Lipinski definition) is 4. The van der Waals surface area contributed by atoms with E-state index in [1.165, 1.54) is 0 Å². The van der Waals surface area contributed by atoms with Crippen LogP contribution in [0.2, 0.25) is 0 Å². The topological polar surface area (TPSA) is 48.0 Å². The predicted molar refractivity (Wildman–Crippen MR) is 96.5 cm³/mol. The van der Waals surface area contributed by atoms with E-state index in [-0.39, 0.29) is 18.0 Å². The standard InChI is InChI=1S/C18H28ClNO4/c1-13(2)20(14(3)12-19)18(21)15-7-8-16(23-5)17(11-15)24-10-6-9-22-4/h7-8,11,13-14H,6,9-10,12H2,1-5H3/t14-/m1/s1. The molecule has 0 saturated carbocycles. The molecule has 0 aliphatic rings. The van der Waals surface area contributed by atoms with Gasteiger partial charge in [0, 0.05) is 43.7 Å². The number of rotatable bonds is 10. The Balaban J connectivity index is 2.99. The van der Waals surface area contributed by atoms with E-state index in [1.54, 1.807) is 37.3 Å². The molecule has 5 nitrogen and oxygen atoms in total. The number of benzene rings is 1. The summed E-state index contributed by atoms with van der Waals surface area (Å²) in [6.07, 6.45) is 0.763. The van der Waals surface area contributed by atoms with Crippen LogP contribution >= 0.6 is 11.6 Å². The van der Waals surface area contributed by atoms with Gasteiger partial charge in [-0.05, 0) is 39.0 Å². The molecule has 1 aromatic rings. The average molecular weight is 358 g/mol. The first-order chi connectivity index (χ1) is 11.5. The minimum absolute atomic E-state index is 0.0488. The second-order valence-electron chi connectivity index (χ2n) is 5.87. The molecule has 1 aromatic carbocycles. The molecule has 0 spiro atoms. The third-order valence-electron chi connectivity index (χ3n) is 3.65. The van der Waals surface area contributed by atoms with Crippen molar-refractivity contribution in [1.29, 1.82) is 0 Å². The summed E-state index contributed by atoms with van der Waals surface area (Å²) >= 11 is 5.95. The number of alkyl halides is 1. The molecule has 0 aromatic heterocycles. The molecule has 6 heteroatoms. The molecule has 24 heavy (non-hydrogen) atoms. The Hall–Kier alpha value is -1.46. The van der Waals surface area contributed by atoms with E-state index in [0.717, 1.165) is 6.42 Å². The number of carbonyl (C=O) groups excluding carboxylic acids is 1. The van der Waals surface area contributed by atoms with Crippen molar-refractivity contribution >= 4 is 17.5 Å². The SMILES string of the molecule is COCCCOc1cc(C(=O)N(C(C)C)[C@H](C)CCl)ccc1OC. The van der Waals surface area contributed by atoms with Gasteiger partial charge in [-0.3, -0.25) is 4.79 Å². The highest BCUT2D eigenvalue weighted by Gasteiger charge is 2.24. The zero-order valence-electron chi connectivity index (χ0n) is 15.2. The molecule has 1 atom stereocenters. The maximum absolute atomic E-state index is 12.9. The lowest BCUT2D eigenvalue weighted by atomic mass is 10.1. The fourth-order valence-electron chi connectivity index (χ4n) is 2.47. The van der Waals surface area contributed by atoms with Gasteiger partial charge in [0.05, 0.1) is 13.7 Å². The highest BCUT2D eigenvalue weighted by Crippen LogP contribution is 2.29. The van der Waals surface area contributed by atoms with Crippen LogP contribution in [0.5, 0.6) is 11.5 Å². The molecule has 0 fully saturated rings. The Labute approximate surface area is 149 Å². The number of nitrogens with zero attached hydrogens (tertiary/aromatic N) is 1. The Morgan fingerprint density at radius 1 is 1.17 bits per heavy atom. The van der Waals surface area contributed by atoms with Gasteiger partial charge in [-0.25, -0.2) is 0 Å². The smallest absolute Gasteiger partial charge is 0.254 e. The third-order valence-corrected chi connectivity index (χ3v) is 4.10. The first kappa shape index (κ1) is 20.6. The van der Waals surface area contributed by atoms with Crippen molar-refractivity contribution in [3.63, 3.8) is 0 Å². The lowest BCUT2D eigenvalue weighted by molar-refractivity contribution is 0.0646. The second kappa shape index (κ2) is 10.4. The van der Waals surface area contributed by atoms with Gasteiger partial charge in [0.1, 0.15) is 0 Å². The van der Waals surface area contributed by atoms with Crippen molar-refractivity contribution in [3.8, 4) is 11.5 Å². The van der Waals surface area contributed by atoms with Crippen molar-refractivity contribution in [1.82, 2.24) is 4.90 Å². The number of ether oxygens (including phenoxy) is 3. The minimum Gasteiger partial charge on any atom is -0.493 e. The van der Waals surface area contributed by atoms with Crippen LogP contribution in [0, 0.1) is 0 Å². The Kier molecular flexibility index (Phi) is 8.93. The Bertz CT molecular complexity index is 522. The van der Waals surface area contributed by atoms with Gasteiger partial charge in [-0.1, -0.05) is 0 Å². The molecule has 0 bridgehead atoms. The molecule has 0 unspecified atom stereocenters. The lowest BCUT2D eigenvalue weighted by Crippen LogP contribution is -2.44. The monoisotopic (exact) mass is 357 g/mol. The molecule has 1 rings (SSSR count). The first-order valence-corrected chi connectivity index (χ1v) is 8.68. The molecule has 136 valence electrons. The van der Waals surface area contributed by atoms with Gasteiger partial charge in [0.15, 0.2) is 11.5 Å². The van der Waals surface area contributed by atoms with E-state index in [1.807, 2.05) is 20.8 Å². The first-order valence-electron chi connectivity index (χ1n) is 8.14. The fraction of sp³-hybridized carbons (Fsp3) is 0.611. The van der Waals surface area contributed by atoms with Crippen LogP contribution in [0.15, 0.2) is 18.2 Å². The van der Waals surface area contributed by atoms with E-state index >= 15 is 0 Å². The number of amides is 1. The highest BCUT2D eigenvalue weighted by molar-refractivity contribution is 6.18. The predicted octanol–water partition coefficient (Wildman–Crippen LogP) is 3.59. The maximum atomic E-state index is 12.9. The number of methoxy groups -OCH3 is 2. The minimum atomic E-state index is -0.0671. The van der Waals surface area contributed by atoms with Crippen LogP contribution in [0.1, 0.15) is 37.6 Å². The van der Waals surface area contributed by atoms with E-state index in [2.05, 4.69) is 0 Å². The lowest BCUT2D eigenvalue weighted by Gasteiger charge is -2.32. The van der Waals surface area contributed by atoms with E-state index in [9.17, 15) is 4.79 Å². The summed E-state index contributed by atoms with van der Waals surface area (Å²) in [6, 6.07) is 5.24. The number of halogens is 1. The van der Waals surface area contributed by atoms with Crippen LogP contribution in [0.3, 0.4) is 0 Å². The summed E-state index contributed by atoms with van der Waals surface area (Å²) in [5.74, 6) is 1.48. The summed E-state index contributed by atoms with van der Waals surface area (Å²) in [5.41, 5.74) is 0.559. The zero-order valence-corrected chi connectivity index (χ0v) is 15.9. The molecular weight excluding hydrogens is 330 g/mol. The molecule has 0 aliphatic carbocycles. The summed E-state index contributed by atoms with van der Waals surface area (Å²) in [4.78, 5) is 14.6. The largest absolute Gasteiger partial charge is 0.493 e. The van der Waals surface area contributed by atoms with Gasteiger partial charge < -0.3 is 19.1 Å². The zero-order chi connectivity index (χ0) is 18.1. The van der Waals surface area contributed by atoms with Crippen LogP contribution < -0.4 is 9.47 Å². The average Bonchev–Trinajstić information content (AvgIpc) is 2.58. The van der Waals surface area contributed by atoms with Crippen LogP contribution in [-0.4, -0.2) is 56.2 Å². The molecule has 0 radical (unpaired) electrons. The fourth-order valence-corrected chi connectivity index (χ4v) is 2.62. The van der Waals surface area contributed by atoms with Gasteiger partial charge >= 0.3 is 0 Å². The van der Waals surface area contributed by atoms with Crippen molar-refractivity contribution < 1.29 is 19.0 Å². The molecular formula is C18H28ClNO4. The Morgan fingerprint density at radius 3 is 2.42 bits per heavy atom. The van der Waals surface area contributed by atoms with E-state index < -0.39 is 0 Å². The summed E-state index contributed by atoms with van der Waals surface area (Å²) in [7, 11) is 3.23. The molecule has 0 N–H and O–H groups in total. The van der Waals surface area contributed by atoms with Crippen LogP contribution in [-0.2, 0) is 4.74 Å². The van der Waals surface area contributed by atoms with Gasteiger partial charge in [0.25, 0.3) is 5.91 Å². The summed E-state index contributed by atoms with van der Waals surface area (Å²) in [5, 5.41) is 0.